The van der Waals surface area contributed by atoms with Gasteiger partial charge in [-0.2, -0.15) is 0 Å². The lowest BCUT2D eigenvalue weighted by Gasteiger charge is -2.33. The molecule has 222 valence electrons. The number of nitrogens with zero attached hydrogens (tertiary/aromatic N) is 1. The van der Waals surface area contributed by atoms with Crippen molar-refractivity contribution in [1.82, 2.24) is 5.32 Å². The van der Waals surface area contributed by atoms with Gasteiger partial charge in [-0.1, -0.05) is 48.6 Å². The molecule has 1 spiro atoms. The minimum atomic E-state index is -1.56. The van der Waals surface area contributed by atoms with Crippen LogP contribution >= 0.6 is 0 Å². The first-order chi connectivity index (χ1) is 20.6. The minimum absolute atomic E-state index is 0.177. The molecule has 9 nitrogen and oxygen atoms in total. The first kappa shape index (κ1) is 28.4. The Bertz CT molecular complexity index is 1630. The lowest BCUT2D eigenvalue weighted by Crippen LogP contribution is -2.55. The number of ether oxygens (including phenoxy) is 3. The van der Waals surface area contributed by atoms with Gasteiger partial charge in [0.15, 0.2) is 0 Å². The van der Waals surface area contributed by atoms with Gasteiger partial charge < -0.3 is 24.8 Å². The highest BCUT2D eigenvalue weighted by Crippen LogP contribution is 2.61. The first-order valence-electron chi connectivity index (χ1n) is 13.7. The van der Waals surface area contributed by atoms with Gasteiger partial charge >= 0.3 is 0 Å². The van der Waals surface area contributed by atoms with Gasteiger partial charge in [0.2, 0.25) is 17.7 Å². The molecule has 5 atom stereocenters. The summed E-state index contributed by atoms with van der Waals surface area (Å²) < 4.78 is 46.4. The van der Waals surface area contributed by atoms with Crippen LogP contribution in [0, 0.1) is 23.5 Å². The maximum absolute atomic E-state index is 14.5. The van der Waals surface area contributed by atoms with Crippen molar-refractivity contribution < 1.29 is 37.4 Å². The van der Waals surface area contributed by atoms with Gasteiger partial charge in [-0.3, -0.25) is 19.3 Å². The molecule has 3 aromatic carbocycles. The van der Waals surface area contributed by atoms with E-state index in [9.17, 15) is 23.2 Å². The smallest absolute Gasteiger partial charge is 0.246 e. The summed E-state index contributed by atoms with van der Waals surface area (Å²) in [5, 5.41) is 5.24. The number of carbonyl (C=O) groups is 3. The highest BCUT2D eigenvalue weighted by molar-refractivity contribution is 6.12. The standard InChI is InChI=1S/C32H29F2N3O6/c1-31-14-15-32(43-31)25(24(31)28(38)36-26-20(33)10-7-11-21(26)34)30(40)37(22-13-12-19(41-2)16-23(22)42-3)27(32)29(39)35-17-18-8-5-4-6-9-18/h4-16,24-25,27H,17H2,1-3H3,(H,35,39)(H,36,38)/t24-,25+,27?,31-,32+/m1/s1. The number of para-hydroxylation sites is 1. The molecule has 11 heteroatoms. The van der Waals surface area contributed by atoms with Crippen molar-refractivity contribution in [2.24, 2.45) is 11.8 Å². The molecule has 1 unspecified atom stereocenters. The summed E-state index contributed by atoms with van der Waals surface area (Å²) in [4.78, 5) is 43.6. The molecule has 43 heavy (non-hydrogen) atoms. The number of fused-ring (bicyclic) bond motifs is 1. The Balaban J connectivity index is 1.43. The van der Waals surface area contributed by atoms with Crippen molar-refractivity contribution >= 4 is 29.1 Å². The third-order valence-corrected chi connectivity index (χ3v) is 8.40. The lowest BCUT2D eigenvalue weighted by molar-refractivity contribution is -0.131. The predicted molar refractivity (Wildman–Crippen MR) is 152 cm³/mol. The highest BCUT2D eigenvalue weighted by atomic mass is 19.1. The van der Waals surface area contributed by atoms with Gasteiger partial charge in [-0.25, -0.2) is 8.78 Å². The number of rotatable bonds is 8. The van der Waals surface area contributed by atoms with Crippen molar-refractivity contribution in [3.05, 3.63) is 96.1 Å². The summed E-state index contributed by atoms with van der Waals surface area (Å²) in [6.45, 7) is 1.79. The molecule has 6 rings (SSSR count). The number of halogens is 2. The van der Waals surface area contributed by atoms with Gasteiger partial charge in [0.25, 0.3) is 0 Å². The third kappa shape index (κ3) is 4.42. The van der Waals surface area contributed by atoms with Crippen LogP contribution in [0.25, 0.3) is 0 Å². The number of nitrogens with one attached hydrogen (secondary N) is 2. The van der Waals surface area contributed by atoms with Crippen molar-refractivity contribution in [2.75, 3.05) is 24.4 Å². The molecule has 3 aliphatic heterocycles. The molecule has 3 aromatic rings. The maximum atomic E-state index is 14.5. The molecule has 2 saturated heterocycles. The Morgan fingerprint density at radius 1 is 0.953 bits per heavy atom. The normalized spacial score (nSPS) is 26.8. The zero-order chi connectivity index (χ0) is 30.5. The number of methoxy groups -OCH3 is 2. The molecule has 3 heterocycles. The Morgan fingerprint density at radius 2 is 1.67 bits per heavy atom. The molecule has 3 aliphatic rings. The van der Waals surface area contributed by atoms with E-state index in [1.165, 1.54) is 25.2 Å². The second-order valence-corrected chi connectivity index (χ2v) is 10.9. The predicted octanol–water partition coefficient (Wildman–Crippen LogP) is 3.98. The van der Waals surface area contributed by atoms with Crippen LogP contribution in [0.15, 0.2) is 78.9 Å². The minimum Gasteiger partial charge on any atom is -0.497 e. The molecular formula is C32H29F2N3O6. The number of anilines is 2. The summed E-state index contributed by atoms with van der Waals surface area (Å²) in [6, 6.07) is 16.0. The highest BCUT2D eigenvalue weighted by Gasteiger charge is 2.76. The van der Waals surface area contributed by atoms with E-state index in [1.807, 2.05) is 30.3 Å². The summed E-state index contributed by atoms with van der Waals surface area (Å²) in [5.41, 5.74) is -2.42. The van der Waals surface area contributed by atoms with E-state index in [2.05, 4.69) is 10.6 Å². The second kappa shape index (κ2) is 10.5. The van der Waals surface area contributed by atoms with E-state index in [1.54, 1.807) is 37.3 Å². The van der Waals surface area contributed by atoms with E-state index >= 15 is 0 Å². The Labute approximate surface area is 246 Å². The van der Waals surface area contributed by atoms with Gasteiger partial charge in [-0.15, -0.1) is 0 Å². The van der Waals surface area contributed by atoms with E-state index in [-0.39, 0.29) is 18.0 Å². The van der Waals surface area contributed by atoms with Crippen molar-refractivity contribution in [1.29, 1.82) is 0 Å². The SMILES string of the molecule is COc1ccc(N2C(=O)[C@@H]3[C@H](C(=O)Nc4c(F)cccc4F)[C@@]4(C)C=C[C@@]3(O4)C2C(=O)NCc2ccccc2)c(OC)c1. The van der Waals surface area contributed by atoms with E-state index in [0.717, 1.165) is 17.7 Å². The second-order valence-electron chi connectivity index (χ2n) is 10.9. The average Bonchev–Trinajstić information content (AvgIpc) is 3.58. The Hall–Kier alpha value is -4.77. The van der Waals surface area contributed by atoms with E-state index in [0.29, 0.717) is 5.75 Å². The summed E-state index contributed by atoms with van der Waals surface area (Å²) in [7, 11) is 2.91. The van der Waals surface area contributed by atoms with Crippen LogP contribution in [0.3, 0.4) is 0 Å². The van der Waals surface area contributed by atoms with Crippen molar-refractivity contribution in [2.45, 2.75) is 30.7 Å². The van der Waals surface area contributed by atoms with Gasteiger partial charge in [-0.05, 0) is 36.8 Å². The van der Waals surface area contributed by atoms with Crippen molar-refractivity contribution in [3.8, 4) is 11.5 Å². The number of hydrogen-bond acceptors (Lipinski definition) is 6. The summed E-state index contributed by atoms with van der Waals surface area (Å²) >= 11 is 0. The Morgan fingerprint density at radius 3 is 2.35 bits per heavy atom. The van der Waals surface area contributed by atoms with Crippen LogP contribution in [0.2, 0.25) is 0 Å². The molecule has 0 radical (unpaired) electrons. The van der Waals surface area contributed by atoms with E-state index in [4.69, 9.17) is 14.2 Å². The van der Waals surface area contributed by atoms with Gasteiger partial charge in [0, 0.05) is 12.6 Å². The summed E-state index contributed by atoms with van der Waals surface area (Å²) in [5.74, 6) is -5.55. The molecule has 2 fully saturated rings. The van der Waals surface area contributed by atoms with Crippen LogP contribution in [-0.2, 0) is 25.7 Å². The monoisotopic (exact) mass is 589 g/mol. The fourth-order valence-corrected chi connectivity index (χ4v) is 6.48. The fourth-order valence-electron chi connectivity index (χ4n) is 6.48. The topological polar surface area (TPSA) is 106 Å². The number of benzene rings is 3. The molecular weight excluding hydrogens is 560 g/mol. The number of hydrogen-bond donors (Lipinski definition) is 2. The lowest BCUT2D eigenvalue weighted by atomic mass is 9.70. The molecule has 0 aliphatic carbocycles. The molecule has 2 N–H and O–H groups in total. The first-order valence-corrected chi connectivity index (χ1v) is 13.7. The van der Waals surface area contributed by atoms with Crippen LogP contribution in [0.1, 0.15) is 12.5 Å². The van der Waals surface area contributed by atoms with Gasteiger partial charge in [0.05, 0.1) is 37.3 Å². The average molecular weight is 590 g/mol. The molecule has 2 bridgehead atoms. The third-order valence-electron chi connectivity index (χ3n) is 8.40. The fraction of sp³-hybridized carbons (Fsp3) is 0.281. The maximum Gasteiger partial charge on any atom is 0.246 e. The van der Waals surface area contributed by atoms with Crippen LogP contribution in [-0.4, -0.2) is 49.2 Å². The molecule has 3 amide bonds. The van der Waals surface area contributed by atoms with Crippen LogP contribution < -0.4 is 25.0 Å². The summed E-state index contributed by atoms with van der Waals surface area (Å²) in [6.07, 6.45) is 3.27. The van der Waals surface area contributed by atoms with Crippen LogP contribution in [0.5, 0.6) is 11.5 Å². The van der Waals surface area contributed by atoms with Gasteiger partial charge in [0.1, 0.15) is 40.5 Å². The van der Waals surface area contributed by atoms with Crippen molar-refractivity contribution in [3.63, 3.8) is 0 Å². The van der Waals surface area contributed by atoms with E-state index < -0.39 is 64.1 Å². The number of amides is 3. The molecule has 0 aromatic heterocycles. The van der Waals surface area contributed by atoms with Crippen LogP contribution in [0.4, 0.5) is 20.2 Å². The number of carbonyl (C=O) groups excluding carboxylic acids is 3. The molecule has 0 saturated carbocycles. The zero-order valence-electron chi connectivity index (χ0n) is 23.6. The zero-order valence-corrected chi connectivity index (χ0v) is 23.6. The Kier molecular flexibility index (Phi) is 6.92. The quantitative estimate of drug-likeness (QED) is 0.385. The largest absolute Gasteiger partial charge is 0.497 e.